The molecule has 1 aromatic carbocycles. The molecule has 0 aromatic heterocycles. The van der Waals surface area contributed by atoms with Crippen LogP contribution in [0.4, 0.5) is 0 Å². The molecule has 0 unspecified atom stereocenters. The summed E-state index contributed by atoms with van der Waals surface area (Å²) in [4.78, 5) is 2.41. The van der Waals surface area contributed by atoms with Crippen LogP contribution in [0.5, 0.6) is 5.75 Å². The topological polar surface area (TPSA) is 52.9 Å². The first-order valence-corrected chi connectivity index (χ1v) is 7.16. The number of benzene rings is 1. The predicted molar refractivity (Wildman–Crippen MR) is 81.1 cm³/mol. The molecule has 1 heterocycles. The van der Waals surface area contributed by atoms with Crippen molar-refractivity contribution in [2.24, 2.45) is 5.41 Å². The fourth-order valence-electron chi connectivity index (χ4n) is 3.00. The Morgan fingerprint density at radius 3 is 2.70 bits per heavy atom. The highest BCUT2D eigenvalue weighted by Gasteiger charge is 2.27. The summed E-state index contributed by atoms with van der Waals surface area (Å²) in [6, 6.07) is 5.32. The van der Waals surface area contributed by atoms with Crippen LogP contribution >= 0.6 is 0 Å². The van der Waals surface area contributed by atoms with Crippen molar-refractivity contribution in [3.05, 3.63) is 23.8 Å². The van der Waals surface area contributed by atoms with E-state index in [1.807, 2.05) is 6.07 Å². The number of hydrogen-bond acceptors (Lipinski definition) is 4. The summed E-state index contributed by atoms with van der Waals surface area (Å²) in [5, 5.41) is 18.6. The van der Waals surface area contributed by atoms with Crippen molar-refractivity contribution < 1.29 is 14.8 Å². The van der Waals surface area contributed by atoms with Crippen molar-refractivity contribution in [2.75, 3.05) is 20.2 Å². The summed E-state index contributed by atoms with van der Waals surface area (Å²) >= 11 is 0. The Morgan fingerprint density at radius 1 is 1.35 bits per heavy atom. The second-order valence-electron chi connectivity index (χ2n) is 6.42. The van der Waals surface area contributed by atoms with Crippen molar-refractivity contribution in [3.63, 3.8) is 0 Å². The summed E-state index contributed by atoms with van der Waals surface area (Å²) in [5.41, 5.74) is 1.87. The molecule has 1 aromatic rings. The third-order valence-electron chi connectivity index (χ3n) is 3.98. The fourth-order valence-corrected chi connectivity index (χ4v) is 3.00. The SMILES string of the molecule is COc1ccc(B(O)O)cc1CN1CCCC(C)(C)C1. The first-order chi connectivity index (χ1) is 9.41. The third-order valence-corrected chi connectivity index (χ3v) is 3.98. The highest BCUT2D eigenvalue weighted by Crippen LogP contribution is 2.30. The second-order valence-corrected chi connectivity index (χ2v) is 6.42. The van der Waals surface area contributed by atoms with Crippen molar-refractivity contribution in [1.29, 1.82) is 0 Å². The third kappa shape index (κ3) is 3.75. The van der Waals surface area contributed by atoms with Gasteiger partial charge in [0.2, 0.25) is 0 Å². The summed E-state index contributed by atoms with van der Waals surface area (Å²) < 4.78 is 5.38. The Hall–Kier alpha value is -1.04. The molecule has 5 heteroatoms. The lowest BCUT2D eigenvalue weighted by Gasteiger charge is -2.38. The van der Waals surface area contributed by atoms with Crippen LogP contribution in [-0.2, 0) is 6.54 Å². The van der Waals surface area contributed by atoms with Crippen molar-refractivity contribution >= 4 is 12.6 Å². The Balaban J connectivity index is 2.16. The molecule has 0 amide bonds. The van der Waals surface area contributed by atoms with Gasteiger partial charge in [-0.05, 0) is 36.3 Å². The largest absolute Gasteiger partial charge is 0.496 e. The molecular formula is C15H24BNO3. The number of rotatable bonds is 4. The fraction of sp³-hybridized carbons (Fsp3) is 0.600. The first kappa shape index (κ1) is 15.4. The van der Waals surface area contributed by atoms with Crippen molar-refractivity contribution in [2.45, 2.75) is 33.2 Å². The average Bonchev–Trinajstić information content (AvgIpc) is 2.37. The summed E-state index contributed by atoms with van der Waals surface area (Å²) in [5.74, 6) is 0.803. The number of nitrogens with zero attached hydrogens (tertiary/aromatic N) is 1. The molecule has 0 radical (unpaired) electrons. The quantitative estimate of drug-likeness (QED) is 0.806. The van der Waals surface area contributed by atoms with E-state index in [4.69, 9.17) is 4.74 Å². The van der Waals surface area contributed by atoms with Crippen LogP contribution in [0.25, 0.3) is 0 Å². The monoisotopic (exact) mass is 277 g/mol. The van der Waals surface area contributed by atoms with Crippen LogP contribution in [0.2, 0.25) is 0 Å². The van der Waals surface area contributed by atoms with E-state index < -0.39 is 7.12 Å². The van der Waals surface area contributed by atoms with E-state index in [0.717, 1.165) is 30.9 Å². The molecule has 20 heavy (non-hydrogen) atoms. The zero-order valence-corrected chi connectivity index (χ0v) is 12.6. The highest BCUT2D eigenvalue weighted by atomic mass is 16.5. The van der Waals surface area contributed by atoms with E-state index in [2.05, 4.69) is 18.7 Å². The summed E-state index contributed by atoms with van der Waals surface area (Å²) in [6.45, 7) is 7.52. The van der Waals surface area contributed by atoms with Gasteiger partial charge in [-0.2, -0.15) is 0 Å². The minimum absolute atomic E-state index is 0.347. The Kier molecular flexibility index (Phi) is 4.73. The molecule has 2 N–H and O–H groups in total. The van der Waals surface area contributed by atoms with E-state index >= 15 is 0 Å². The molecule has 0 atom stereocenters. The Morgan fingerprint density at radius 2 is 2.10 bits per heavy atom. The van der Waals surface area contributed by atoms with E-state index in [1.54, 1.807) is 19.2 Å². The van der Waals surface area contributed by atoms with Crippen LogP contribution in [0, 0.1) is 5.41 Å². The highest BCUT2D eigenvalue weighted by molar-refractivity contribution is 6.58. The van der Waals surface area contributed by atoms with Crippen molar-refractivity contribution in [1.82, 2.24) is 4.90 Å². The molecular weight excluding hydrogens is 253 g/mol. The van der Waals surface area contributed by atoms with Gasteiger partial charge in [-0.25, -0.2) is 0 Å². The van der Waals surface area contributed by atoms with Crippen LogP contribution in [0.1, 0.15) is 32.3 Å². The van der Waals surface area contributed by atoms with E-state index in [9.17, 15) is 10.0 Å². The molecule has 4 nitrogen and oxygen atoms in total. The maximum absolute atomic E-state index is 9.30. The lowest BCUT2D eigenvalue weighted by Crippen LogP contribution is -2.40. The molecule has 110 valence electrons. The van der Waals surface area contributed by atoms with Gasteiger partial charge in [-0.1, -0.05) is 26.0 Å². The van der Waals surface area contributed by atoms with Crippen LogP contribution in [-0.4, -0.2) is 42.3 Å². The molecule has 1 fully saturated rings. The standard InChI is InChI=1S/C15H24BNO3/c1-15(2)7-4-8-17(11-15)10-12-9-13(16(18)19)5-6-14(12)20-3/h5-6,9,18-19H,4,7-8,10-11H2,1-3H3. The van der Waals surface area contributed by atoms with Gasteiger partial charge < -0.3 is 14.8 Å². The zero-order valence-electron chi connectivity index (χ0n) is 12.6. The maximum atomic E-state index is 9.30. The van der Waals surface area contributed by atoms with E-state index in [0.29, 0.717) is 10.9 Å². The molecule has 0 bridgehead atoms. The number of methoxy groups -OCH3 is 1. The molecule has 1 aliphatic heterocycles. The average molecular weight is 277 g/mol. The number of piperidine rings is 1. The lowest BCUT2D eigenvalue weighted by atomic mass is 9.79. The van der Waals surface area contributed by atoms with Crippen LogP contribution in [0.15, 0.2) is 18.2 Å². The molecule has 0 saturated carbocycles. The van der Waals surface area contributed by atoms with E-state index in [1.165, 1.54) is 12.8 Å². The van der Waals surface area contributed by atoms with Gasteiger partial charge in [0.15, 0.2) is 0 Å². The number of ether oxygens (including phenoxy) is 1. The maximum Gasteiger partial charge on any atom is 0.488 e. The zero-order chi connectivity index (χ0) is 14.8. The Labute approximate surface area is 121 Å². The number of hydrogen-bond donors (Lipinski definition) is 2. The first-order valence-electron chi connectivity index (χ1n) is 7.16. The van der Waals surface area contributed by atoms with Gasteiger partial charge in [0.25, 0.3) is 0 Å². The van der Waals surface area contributed by atoms with Gasteiger partial charge in [0.05, 0.1) is 7.11 Å². The lowest BCUT2D eigenvalue weighted by molar-refractivity contribution is 0.111. The molecule has 0 aliphatic carbocycles. The molecule has 0 spiro atoms. The second kappa shape index (κ2) is 6.16. The van der Waals surface area contributed by atoms with Gasteiger partial charge in [0, 0.05) is 18.7 Å². The van der Waals surface area contributed by atoms with Crippen LogP contribution < -0.4 is 10.2 Å². The minimum atomic E-state index is -1.43. The molecule has 1 saturated heterocycles. The smallest absolute Gasteiger partial charge is 0.488 e. The summed E-state index contributed by atoms with van der Waals surface area (Å²) in [6.07, 6.45) is 2.47. The van der Waals surface area contributed by atoms with Gasteiger partial charge in [0.1, 0.15) is 5.75 Å². The Bertz CT molecular complexity index is 462. The van der Waals surface area contributed by atoms with Crippen molar-refractivity contribution in [3.8, 4) is 5.75 Å². The molecule has 1 aliphatic rings. The van der Waals surface area contributed by atoms with E-state index in [-0.39, 0.29) is 0 Å². The van der Waals surface area contributed by atoms with Gasteiger partial charge in [-0.15, -0.1) is 0 Å². The van der Waals surface area contributed by atoms with Crippen LogP contribution in [0.3, 0.4) is 0 Å². The normalized spacial score (nSPS) is 18.9. The predicted octanol–water partition coefficient (Wildman–Crippen LogP) is 0.997. The molecule has 2 rings (SSSR count). The summed E-state index contributed by atoms with van der Waals surface area (Å²) in [7, 11) is 0.214. The van der Waals surface area contributed by atoms with Gasteiger partial charge >= 0.3 is 7.12 Å². The minimum Gasteiger partial charge on any atom is -0.496 e. The van der Waals surface area contributed by atoms with Gasteiger partial charge in [-0.3, -0.25) is 4.90 Å². The number of likely N-dealkylation sites (tertiary alicyclic amines) is 1.